The van der Waals surface area contributed by atoms with E-state index in [-0.39, 0.29) is 13.2 Å². The number of benzene rings is 1. The van der Waals surface area contributed by atoms with Gasteiger partial charge in [0.05, 0.1) is 5.69 Å². The van der Waals surface area contributed by atoms with E-state index in [0.717, 1.165) is 10.0 Å². The molecule has 0 aromatic heterocycles. The topological polar surface area (TPSA) is 69.6 Å². The highest BCUT2D eigenvalue weighted by Gasteiger charge is 2.17. The van der Waals surface area contributed by atoms with E-state index in [1.54, 1.807) is 12.1 Å². The third-order valence-corrected chi connectivity index (χ3v) is 4.29. The number of halogens is 1. The standard InChI is InChI=1S/C11H17BrN2O3S/c1-9-6-10(12)8-11(7-9)13-18(16,17)14(2)4-3-5-15/h6-8,13,15H,3-5H2,1-2H3. The van der Waals surface area contributed by atoms with Crippen molar-refractivity contribution >= 4 is 31.8 Å². The summed E-state index contributed by atoms with van der Waals surface area (Å²) in [4.78, 5) is 0. The van der Waals surface area contributed by atoms with Crippen LogP contribution < -0.4 is 4.72 Å². The smallest absolute Gasteiger partial charge is 0.301 e. The summed E-state index contributed by atoms with van der Waals surface area (Å²) in [5.74, 6) is 0. The lowest BCUT2D eigenvalue weighted by atomic mass is 10.2. The molecule has 0 radical (unpaired) electrons. The largest absolute Gasteiger partial charge is 0.396 e. The van der Waals surface area contributed by atoms with Gasteiger partial charge in [0.15, 0.2) is 0 Å². The predicted molar refractivity (Wildman–Crippen MR) is 75.8 cm³/mol. The molecule has 0 bridgehead atoms. The maximum absolute atomic E-state index is 11.9. The first-order chi connectivity index (χ1) is 8.35. The maximum Gasteiger partial charge on any atom is 0.301 e. The van der Waals surface area contributed by atoms with Crippen LogP contribution in [-0.4, -0.2) is 38.0 Å². The molecule has 7 heteroatoms. The summed E-state index contributed by atoms with van der Waals surface area (Å²) in [7, 11) is -2.09. The number of aliphatic hydroxyl groups excluding tert-OH is 1. The average molecular weight is 337 g/mol. The fourth-order valence-corrected chi connectivity index (χ4v) is 2.98. The molecular formula is C11H17BrN2O3S. The van der Waals surface area contributed by atoms with E-state index < -0.39 is 10.2 Å². The monoisotopic (exact) mass is 336 g/mol. The molecule has 0 heterocycles. The van der Waals surface area contributed by atoms with Crippen molar-refractivity contribution in [3.05, 3.63) is 28.2 Å². The number of rotatable bonds is 6. The number of hydrogen-bond donors (Lipinski definition) is 2. The van der Waals surface area contributed by atoms with Crippen LogP contribution >= 0.6 is 15.9 Å². The Labute approximate surface area is 116 Å². The summed E-state index contributed by atoms with van der Waals surface area (Å²) in [6.07, 6.45) is 0.412. The molecule has 18 heavy (non-hydrogen) atoms. The Morgan fingerprint density at radius 2 is 2.06 bits per heavy atom. The molecule has 0 saturated heterocycles. The van der Waals surface area contributed by atoms with Crippen LogP contribution in [0.15, 0.2) is 22.7 Å². The molecular weight excluding hydrogens is 320 g/mol. The van der Waals surface area contributed by atoms with Gasteiger partial charge in [-0.25, -0.2) is 0 Å². The Hall–Kier alpha value is -0.630. The Bertz CT molecular complexity index is 485. The van der Waals surface area contributed by atoms with Crippen LogP contribution in [0.3, 0.4) is 0 Å². The molecule has 0 atom stereocenters. The summed E-state index contributed by atoms with van der Waals surface area (Å²) >= 11 is 3.32. The summed E-state index contributed by atoms with van der Waals surface area (Å²) < 4.78 is 28.4. The van der Waals surface area contributed by atoms with E-state index in [4.69, 9.17) is 5.11 Å². The van der Waals surface area contributed by atoms with Gasteiger partial charge < -0.3 is 5.11 Å². The molecule has 0 saturated carbocycles. The fourth-order valence-electron chi connectivity index (χ4n) is 1.44. The zero-order valence-electron chi connectivity index (χ0n) is 10.4. The van der Waals surface area contributed by atoms with Crippen LogP contribution in [-0.2, 0) is 10.2 Å². The zero-order valence-corrected chi connectivity index (χ0v) is 12.8. The van der Waals surface area contributed by atoms with Crippen molar-refractivity contribution in [3.63, 3.8) is 0 Å². The molecule has 0 aliphatic heterocycles. The molecule has 5 nitrogen and oxygen atoms in total. The zero-order chi connectivity index (χ0) is 13.8. The minimum atomic E-state index is -3.57. The third-order valence-electron chi connectivity index (χ3n) is 2.33. The van der Waals surface area contributed by atoms with Crippen LogP contribution in [0.4, 0.5) is 5.69 Å². The molecule has 0 spiro atoms. The number of anilines is 1. The van der Waals surface area contributed by atoms with Crippen LogP contribution in [0.25, 0.3) is 0 Å². The van der Waals surface area contributed by atoms with Crippen LogP contribution in [0.5, 0.6) is 0 Å². The van der Waals surface area contributed by atoms with Gasteiger partial charge in [-0.2, -0.15) is 12.7 Å². The van der Waals surface area contributed by atoms with Crippen molar-refractivity contribution in [2.24, 2.45) is 0 Å². The number of nitrogens with zero attached hydrogens (tertiary/aromatic N) is 1. The Morgan fingerprint density at radius 3 is 2.61 bits per heavy atom. The Kier molecular flexibility index (Phi) is 5.58. The van der Waals surface area contributed by atoms with E-state index in [9.17, 15) is 8.42 Å². The van der Waals surface area contributed by atoms with Crippen molar-refractivity contribution in [3.8, 4) is 0 Å². The van der Waals surface area contributed by atoms with E-state index in [1.165, 1.54) is 11.4 Å². The van der Waals surface area contributed by atoms with Crippen molar-refractivity contribution < 1.29 is 13.5 Å². The first kappa shape index (κ1) is 15.4. The van der Waals surface area contributed by atoms with E-state index in [2.05, 4.69) is 20.7 Å². The second-order valence-corrected chi connectivity index (χ2v) is 6.72. The maximum atomic E-state index is 11.9. The van der Waals surface area contributed by atoms with E-state index in [0.29, 0.717) is 12.1 Å². The van der Waals surface area contributed by atoms with E-state index in [1.807, 2.05) is 13.0 Å². The number of hydrogen-bond acceptors (Lipinski definition) is 3. The molecule has 1 rings (SSSR count). The highest BCUT2D eigenvalue weighted by Crippen LogP contribution is 2.20. The molecule has 0 fully saturated rings. The van der Waals surface area contributed by atoms with Crippen molar-refractivity contribution in [1.29, 1.82) is 0 Å². The lowest BCUT2D eigenvalue weighted by Gasteiger charge is -2.18. The summed E-state index contributed by atoms with van der Waals surface area (Å²) in [5, 5.41) is 8.70. The number of aryl methyl sites for hydroxylation is 1. The first-order valence-corrected chi connectivity index (χ1v) is 7.70. The molecule has 0 aliphatic carbocycles. The predicted octanol–water partition coefficient (Wildman–Crippen LogP) is 1.73. The molecule has 0 unspecified atom stereocenters. The van der Waals surface area contributed by atoms with Crippen molar-refractivity contribution in [1.82, 2.24) is 4.31 Å². The van der Waals surface area contributed by atoms with Gasteiger partial charge in [-0.05, 0) is 37.1 Å². The molecule has 2 N–H and O–H groups in total. The second-order valence-electron chi connectivity index (χ2n) is 4.02. The van der Waals surface area contributed by atoms with Crippen molar-refractivity contribution in [2.75, 3.05) is 24.9 Å². The Morgan fingerprint density at radius 1 is 1.39 bits per heavy atom. The van der Waals surface area contributed by atoms with Crippen LogP contribution in [0.1, 0.15) is 12.0 Å². The van der Waals surface area contributed by atoms with Crippen molar-refractivity contribution in [2.45, 2.75) is 13.3 Å². The quantitative estimate of drug-likeness (QED) is 0.831. The molecule has 0 aliphatic rings. The van der Waals surface area contributed by atoms with Gasteiger partial charge in [-0.3, -0.25) is 4.72 Å². The highest BCUT2D eigenvalue weighted by molar-refractivity contribution is 9.10. The van der Waals surface area contributed by atoms with Gasteiger partial charge in [-0.15, -0.1) is 0 Å². The minimum Gasteiger partial charge on any atom is -0.396 e. The van der Waals surface area contributed by atoms with Gasteiger partial charge in [0, 0.05) is 24.7 Å². The van der Waals surface area contributed by atoms with Gasteiger partial charge in [0.1, 0.15) is 0 Å². The number of aliphatic hydroxyl groups is 1. The SMILES string of the molecule is Cc1cc(Br)cc(NS(=O)(=O)N(C)CCCO)c1. The lowest BCUT2D eigenvalue weighted by molar-refractivity contribution is 0.276. The normalized spacial score (nSPS) is 11.8. The fraction of sp³-hybridized carbons (Fsp3) is 0.455. The molecule has 0 amide bonds. The first-order valence-electron chi connectivity index (χ1n) is 5.47. The third kappa shape index (κ3) is 4.56. The Balaban J connectivity index is 2.81. The molecule has 1 aromatic rings. The summed E-state index contributed by atoms with van der Waals surface area (Å²) in [5.41, 5.74) is 1.47. The van der Waals surface area contributed by atoms with Crippen LogP contribution in [0, 0.1) is 6.92 Å². The highest BCUT2D eigenvalue weighted by atomic mass is 79.9. The van der Waals surface area contributed by atoms with Gasteiger partial charge in [-0.1, -0.05) is 15.9 Å². The second kappa shape index (κ2) is 6.51. The van der Waals surface area contributed by atoms with Gasteiger partial charge in [0.25, 0.3) is 0 Å². The summed E-state index contributed by atoms with van der Waals surface area (Å²) in [6.45, 7) is 2.13. The van der Waals surface area contributed by atoms with Gasteiger partial charge in [0.2, 0.25) is 0 Å². The van der Waals surface area contributed by atoms with E-state index >= 15 is 0 Å². The number of nitrogens with one attached hydrogen (secondary N) is 1. The molecule has 1 aromatic carbocycles. The molecule has 102 valence electrons. The average Bonchev–Trinajstić information content (AvgIpc) is 2.23. The summed E-state index contributed by atoms with van der Waals surface area (Å²) in [6, 6.07) is 5.35. The minimum absolute atomic E-state index is 0.0319. The lowest BCUT2D eigenvalue weighted by Crippen LogP contribution is -2.33. The van der Waals surface area contributed by atoms with Crippen LogP contribution in [0.2, 0.25) is 0 Å². The van der Waals surface area contributed by atoms with Gasteiger partial charge >= 0.3 is 10.2 Å².